The summed E-state index contributed by atoms with van der Waals surface area (Å²) >= 11 is 0. The molecule has 0 bridgehead atoms. The van der Waals surface area contributed by atoms with E-state index < -0.39 is 0 Å². The summed E-state index contributed by atoms with van der Waals surface area (Å²) in [5.74, 6) is 0.327. The first-order valence-electron chi connectivity index (χ1n) is 8.52. The van der Waals surface area contributed by atoms with E-state index in [0.29, 0.717) is 5.75 Å². The number of anilines is 1. The summed E-state index contributed by atoms with van der Waals surface area (Å²) < 4.78 is 0. The van der Waals surface area contributed by atoms with Crippen LogP contribution >= 0.6 is 0 Å². The largest absolute Gasteiger partial charge is 0.508 e. The Morgan fingerprint density at radius 1 is 0.750 bits per heavy atom. The Morgan fingerprint density at radius 3 is 2.21 bits per heavy atom. The van der Waals surface area contributed by atoms with Gasteiger partial charge in [-0.05, 0) is 46.7 Å². The molecule has 0 spiro atoms. The Balaban J connectivity index is 1.39. The zero-order valence-corrected chi connectivity index (χ0v) is 13.7. The van der Waals surface area contributed by atoms with E-state index in [4.69, 9.17) is 0 Å². The first-order valence-corrected chi connectivity index (χ1v) is 8.52. The summed E-state index contributed by atoms with van der Waals surface area (Å²) in [5.41, 5.74) is 2.57. The Labute approximate surface area is 142 Å². The predicted octanol–water partition coefficient (Wildman–Crippen LogP) is 3.87. The summed E-state index contributed by atoms with van der Waals surface area (Å²) in [5, 5.41) is 12.0. The standard InChI is InChI=1S/C21H22N2O/c24-21-9-7-20(8-10-21)23-13-11-22(12-14-23)16-17-5-6-18-3-1-2-4-19(18)15-17/h1-10,15,24H,11-14,16H2. The van der Waals surface area contributed by atoms with Crippen molar-refractivity contribution < 1.29 is 5.11 Å². The first kappa shape index (κ1) is 15.0. The number of rotatable bonds is 3. The van der Waals surface area contributed by atoms with E-state index in [9.17, 15) is 5.11 Å². The molecule has 3 heteroatoms. The maximum absolute atomic E-state index is 9.41. The third-order valence-corrected chi connectivity index (χ3v) is 4.81. The second-order valence-electron chi connectivity index (χ2n) is 6.46. The number of hydrogen-bond donors (Lipinski definition) is 1. The van der Waals surface area contributed by atoms with Crippen LogP contribution in [0.1, 0.15) is 5.56 Å². The lowest BCUT2D eigenvalue weighted by Crippen LogP contribution is -2.45. The van der Waals surface area contributed by atoms with Gasteiger partial charge < -0.3 is 10.0 Å². The Hall–Kier alpha value is -2.52. The van der Waals surface area contributed by atoms with E-state index in [1.807, 2.05) is 12.1 Å². The van der Waals surface area contributed by atoms with Gasteiger partial charge in [-0.1, -0.05) is 36.4 Å². The van der Waals surface area contributed by atoms with Crippen molar-refractivity contribution >= 4 is 16.5 Å². The molecule has 1 saturated heterocycles. The van der Waals surface area contributed by atoms with Crippen molar-refractivity contribution in [3.63, 3.8) is 0 Å². The molecule has 0 aliphatic carbocycles. The quantitative estimate of drug-likeness (QED) is 0.794. The van der Waals surface area contributed by atoms with Crippen LogP contribution < -0.4 is 4.90 Å². The molecule has 0 unspecified atom stereocenters. The number of benzene rings is 3. The van der Waals surface area contributed by atoms with E-state index in [1.54, 1.807) is 12.1 Å². The molecular formula is C21H22N2O. The maximum Gasteiger partial charge on any atom is 0.115 e. The summed E-state index contributed by atoms with van der Waals surface area (Å²) in [6, 6.07) is 22.8. The van der Waals surface area contributed by atoms with Crippen molar-refractivity contribution in [1.29, 1.82) is 0 Å². The van der Waals surface area contributed by atoms with Gasteiger partial charge in [0, 0.05) is 38.4 Å². The van der Waals surface area contributed by atoms with Crippen LogP contribution in [0, 0.1) is 0 Å². The van der Waals surface area contributed by atoms with Gasteiger partial charge in [0.2, 0.25) is 0 Å². The van der Waals surface area contributed by atoms with Crippen LogP contribution in [0.2, 0.25) is 0 Å². The molecule has 1 fully saturated rings. The molecule has 0 aromatic heterocycles. The van der Waals surface area contributed by atoms with E-state index >= 15 is 0 Å². The number of phenolic OH excluding ortho intramolecular Hbond substituents is 1. The smallest absolute Gasteiger partial charge is 0.115 e. The van der Waals surface area contributed by atoms with Gasteiger partial charge >= 0.3 is 0 Å². The van der Waals surface area contributed by atoms with E-state index in [2.05, 4.69) is 52.3 Å². The summed E-state index contributed by atoms with van der Waals surface area (Å²) in [4.78, 5) is 4.90. The fourth-order valence-electron chi connectivity index (χ4n) is 3.42. The van der Waals surface area contributed by atoms with Crippen molar-refractivity contribution in [2.24, 2.45) is 0 Å². The molecule has 4 rings (SSSR count). The minimum Gasteiger partial charge on any atom is -0.508 e. The molecule has 1 aliphatic heterocycles. The molecule has 1 N–H and O–H groups in total. The summed E-state index contributed by atoms with van der Waals surface area (Å²) in [6.45, 7) is 5.19. The van der Waals surface area contributed by atoms with Crippen molar-refractivity contribution in [3.8, 4) is 5.75 Å². The molecule has 122 valence electrons. The second kappa shape index (κ2) is 6.54. The van der Waals surface area contributed by atoms with Crippen LogP contribution in [-0.4, -0.2) is 36.2 Å². The van der Waals surface area contributed by atoms with Crippen LogP contribution in [0.3, 0.4) is 0 Å². The van der Waals surface area contributed by atoms with Crippen LogP contribution in [0.5, 0.6) is 5.75 Å². The molecule has 3 aromatic rings. The highest BCUT2D eigenvalue weighted by atomic mass is 16.3. The van der Waals surface area contributed by atoms with Crippen LogP contribution in [-0.2, 0) is 6.54 Å². The summed E-state index contributed by atoms with van der Waals surface area (Å²) in [7, 11) is 0. The average Bonchev–Trinajstić information content (AvgIpc) is 2.63. The highest BCUT2D eigenvalue weighted by molar-refractivity contribution is 5.82. The Morgan fingerprint density at radius 2 is 1.46 bits per heavy atom. The second-order valence-corrected chi connectivity index (χ2v) is 6.46. The first-order chi connectivity index (χ1) is 11.8. The lowest BCUT2D eigenvalue weighted by Gasteiger charge is -2.36. The minimum atomic E-state index is 0.327. The van der Waals surface area contributed by atoms with Gasteiger partial charge in [0.15, 0.2) is 0 Å². The van der Waals surface area contributed by atoms with Gasteiger partial charge in [-0.3, -0.25) is 4.90 Å². The fraction of sp³-hybridized carbons (Fsp3) is 0.238. The average molecular weight is 318 g/mol. The molecule has 0 saturated carbocycles. The van der Waals surface area contributed by atoms with Crippen LogP contribution in [0.15, 0.2) is 66.7 Å². The van der Waals surface area contributed by atoms with Crippen molar-refractivity contribution in [3.05, 3.63) is 72.3 Å². The van der Waals surface area contributed by atoms with Crippen molar-refractivity contribution in [1.82, 2.24) is 4.90 Å². The van der Waals surface area contributed by atoms with Crippen molar-refractivity contribution in [2.75, 3.05) is 31.1 Å². The predicted molar refractivity (Wildman–Crippen MR) is 99.5 cm³/mol. The molecule has 0 radical (unpaired) electrons. The van der Waals surface area contributed by atoms with Gasteiger partial charge in [-0.25, -0.2) is 0 Å². The third kappa shape index (κ3) is 3.22. The van der Waals surface area contributed by atoms with Gasteiger partial charge in [-0.2, -0.15) is 0 Å². The molecule has 3 nitrogen and oxygen atoms in total. The highest BCUT2D eigenvalue weighted by Gasteiger charge is 2.17. The number of aromatic hydroxyl groups is 1. The van der Waals surface area contributed by atoms with Gasteiger partial charge in [-0.15, -0.1) is 0 Å². The summed E-state index contributed by atoms with van der Waals surface area (Å²) in [6.07, 6.45) is 0. The lowest BCUT2D eigenvalue weighted by atomic mass is 10.1. The SMILES string of the molecule is Oc1ccc(N2CCN(Cc3ccc4ccccc4c3)CC2)cc1. The minimum absolute atomic E-state index is 0.327. The van der Waals surface area contributed by atoms with Gasteiger partial charge in [0.25, 0.3) is 0 Å². The molecule has 1 heterocycles. The molecule has 24 heavy (non-hydrogen) atoms. The normalized spacial score (nSPS) is 15.8. The van der Waals surface area contributed by atoms with E-state index in [-0.39, 0.29) is 0 Å². The number of fused-ring (bicyclic) bond motifs is 1. The van der Waals surface area contributed by atoms with Crippen molar-refractivity contribution in [2.45, 2.75) is 6.54 Å². The number of phenols is 1. The Bertz CT molecular complexity index is 821. The number of piperazine rings is 1. The van der Waals surface area contributed by atoms with Crippen LogP contribution in [0.4, 0.5) is 5.69 Å². The number of hydrogen-bond acceptors (Lipinski definition) is 3. The van der Waals surface area contributed by atoms with Gasteiger partial charge in [0.05, 0.1) is 0 Å². The van der Waals surface area contributed by atoms with Gasteiger partial charge in [0.1, 0.15) is 5.75 Å². The maximum atomic E-state index is 9.41. The lowest BCUT2D eigenvalue weighted by molar-refractivity contribution is 0.250. The van der Waals surface area contributed by atoms with E-state index in [0.717, 1.165) is 32.7 Å². The molecule has 1 aliphatic rings. The van der Waals surface area contributed by atoms with Crippen LogP contribution in [0.25, 0.3) is 10.8 Å². The third-order valence-electron chi connectivity index (χ3n) is 4.81. The number of nitrogens with zero attached hydrogens (tertiary/aromatic N) is 2. The molecule has 0 atom stereocenters. The molecular weight excluding hydrogens is 296 g/mol. The molecule has 0 amide bonds. The van der Waals surface area contributed by atoms with E-state index in [1.165, 1.54) is 22.0 Å². The Kier molecular flexibility index (Phi) is 4.09. The zero-order valence-electron chi connectivity index (χ0n) is 13.7. The fourth-order valence-corrected chi connectivity index (χ4v) is 3.42. The zero-order chi connectivity index (χ0) is 16.4. The topological polar surface area (TPSA) is 26.7 Å². The monoisotopic (exact) mass is 318 g/mol. The molecule has 3 aromatic carbocycles. The highest BCUT2D eigenvalue weighted by Crippen LogP contribution is 2.21.